The summed E-state index contributed by atoms with van der Waals surface area (Å²) in [5.74, 6) is 1.03. The predicted octanol–water partition coefficient (Wildman–Crippen LogP) is 4.52. The van der Waals surface area contributed by atoms with E-state index in [0.29, 0.717) is 30.5 Å². The number of ether oxygens (including phenoxy) is 1. The van der Waals surface area contributed by atoms with Gasteiger partial charge in [-0.15, -0.1) is 0 Å². The van der Waals surface area contributed by atoms with Crippen molar-refractivity contribution in [2.45, 2.75) is 95.8 Å². The topological polar surface area (TPSA) is 141 Å². The molecule has 2 saturated carbocycles. The maximum atomic E-state index is 14.4. The van der Waals surface area contributed by atoms with Crippen molar-refractivity contribution in [1.29, 1.82) is 0 Å². The molecule has 242 valence electrons. The Bertz CT molecular complexity index is 1960. The van der Waals surface area contributed by atoms with Gasteiger partial charge >= 0.3 is 57.1 Å². The first-order valence-corrected chi connectivity index (χ1v) is 16.4. The molecule has 3 heterocycles. The molecule has 0 spiro atoms. The summed E-state index contributed by atoms with van der Waals surface area (Å²) in [7, 11) is 0. The summed E-state index contributed by atoms with van der Waals surface area (Å²) < 4.78 is 14.6. The van der Waals surface area contributed by atoms with Crippen LogP contribution < -0.4 is 11.3 Å². The van der Waals surface area contributed by atoms with E-state index in [1.165, 1.54) is 0 Å². The van der Waals surface area contributed by atoms with Crippen LogP contribution in [0.5, 0.6) is 0 Å². The summed E-state index contributed by atoms with van der Waals surface area (Å²) in [5.41, 5.74) is 4.66. The third-order valence-corrected chi connectivity index (χ3v) is 9.63. The fourth-order valence-corrected chi connectivity index (χ4v) is 6.99. The number of hydrogen-bond acceptors (Lipinski definition) is 8. The van der Waals surface area contributed by atoms with E-state index in [1.54, 1.807) is 0 Å². The number of aromatic nitrogens is 6. The molecular formula is C35H41KN6O5. The average molecular weight is 665 g/mol. The van der Waals surface area contributed by atoms with Gasteiger partial charge in [-0.1, -0.05) is 67.0 Å². The zero-order valence-electron chi connectivity index (χ0n) is 26.4. The molecule has 2 aliphatic rings. The first-order chi connectivity index (χ1) is 22.3. The van der Waals surface area contributed by atoms with Crippen LogP contribution in [-0.2, 0) is 17.6 Å². The predicted molar refractivity (Wildman–Crippen MR) is 180 cm³/mol. The summed E-state index contributed by atoms with van der Waals surface area (Å²) >= 11 is 0. The van der Waals surface area contributed by atoms with Gasteiger partial charge in [0.05, 0.1) is 24.0 Å². The van der Waals surface area contributed by atoms with Crippen LogP contribution in [0.25, 0.3) is 28.3 Å². The van der Waals surface area contributed by atoms with E-state index in [-0.39, 0.29) is 69.1 Å². The van der Waals surface area contributed by atoms with Crippen molar-refractivity contribution in [2.75, 3.05) is 6.61 Å². The van der Waals surface area contributed by atoms with Crippen molar-refractivity contribution in [3.63, 3.8) is 0 Å². The Morgan fingerprint density at radius 1 is 1.04 bits per heavy atom. The van der Waals surface area contributed by atoms with Crippen LogP contribution in [-0.4, -0.2) is 104 Å². The fourth-order valence-electron chi connectivity index (χ4n) is 6.99. The number of hydrogen-bond donors (Lipinski definition) is 2. The molecule has 11 nitrogen and oxygen atoms in total. The summed E-state index contributed by atoms with van der Waals surface area (Å²) in [4.78, 5) is 33.4. The summed E-state index contributed by atoms with van der Waals surface area (Å²) in [6.45, 7) is 4.38. The van der Waals surface area contributed by atoms with E-state index in [4.69, 9.17) is 19.3 Å². The Hall–Kier alpha value is -2.71. The fraction of sp³-hybridized carbons (Fsp3) is 0.457. The van der Waals surface area contributed by atoms with Crippen molar-refractivity contribution in [2.24, 2.45) is 0 Å². The van der Waals surface area contributed by atoms with Crippen LogP contribution in [0.3, 0.4) is 0 Å². The number of fused-ring (bicyclic) bond motifs is 1. The average Bonchev–Trinajstić information content (AvgIpc) is 3.66. The quantitative estimate of drug-likeness (QED) is 0.208. The Morgan fingerprint density at radius 3 is 2.40 bits per heavy atom. The number of aliphatic hydroxyl groups is 1. The van der Waals surface area contributed by atoms with Gasteiger partial charge in [0.1, 0.15) is 5.82 Å². The van der Waals surface area contributed by atoms with E-state index < -0.39 is 11.4 Å². The zero-order valence-corrected chi connectivity index (χ0v) is 26.4. The molecule has 2 aromatic carbocycles. The molecule has 2 aliphatic carbocycles. The number of benzene rings is 2. The van der Waals surface area contributed by atoms with E-state index in [2.05, 4.69) is 17.1 Å². The number of H-pyrrole nitrogens is 1. The first kappa shape index (κ1) is 34.2. The third kappa shape index (κ3) is 7.05. The molecule has 0 unspecified atom stereocenters. The van der Waals surface area contributed by atoms with Gasteiger partial charge in [0.2, 0.25) is 5.78 Å². The molecule has 3 aromatic heterocycles. The molecular weight excluding hydrogens is 624 g/mol. The van der Waals surface area contributed by atoms with Gasteiger partial charge in [-0.2, -0.15) is 10.1 Å². The SMILES string of the molecule is CCCc1c(Cc2ccc(-c3ccccc3-c3noc(=O)[nH]3)cc2)c(=O)n(C2CCC(OCC3(O)CCC3)CC2)c2nc(C)nn12.[KH]. The van der Waals surface area contributed by atoms with Crippen LogP contribution in [0.1, 0.15) is 87.0 Å². The van der Waals surface area contributed by atoms with Crippen molar-refractivity contribution in [3.05, 3.63) is 92.1 Å². The molecule has 0 amide bonds. The molecule has 47 heavy (non-hydrogen) atoms. The molecule has 0 atom stereocenters. The normalized spacial score (nSPS) is 19.0. The summed E-state index contributed by atoms with van der Waals surface area (Å²) in [6, 6.07) is 15.9. The van der Waals surface area contributed by atoms with Crippen LogP contribution in [0.2, 0.25) is 0 Å². The van der Waals surface area contributed by atoms with Crippen LogP contribution in [0.15, 0.2) is 62.6 Å². The summed E-state index contributed by atoms with van der Waals surface area (Å²) in [6.07, 6.45) is 8.14. The standard InChI is InChI=1S/C35H40N6O5.K.H/c1-3-7-30-29(20-23-10-12-24(13-11-23)27-8-4-5-9-28(27)31-37-34(43)46-39-31)32(42)40(33-36-22(2)38-41(30)33)25-14-16-26(17-15-25)45-21-35(44)18-6-19-35;;/h4-5,8-13,25-26,44H,3,6-7,14-21H2,1-2H3,(H,37,39,43);;. The molecule has 12 heteroatoms. The second-order valence-electron chi connectivity index (χ2n) is 12.9. The molecule has 0 bridgehead atoms. The minimum atomic E-state index is -0.651. The number of nitrogens with one attached hydrogen (secondary N) is 1. The second kappa shape index (κ2) is 14.4. The van der Waals surface area contributed by atoms with Crippen molar-refractivity contribution in [3.8, 4) is 22.5 Å². The Labute approximate surface area is 315 Å². The van der Waals surface area contributed by atoms with E-state index >= 15 is 0 Å². The number of rotatable bonds is 10. The van der Waals surface area contributed by atoms with Gasteiger partial charge in [0, 0.05) is 23.6 Å². The van der Waals surface area contributed by atoms with Crippen molar-refractivity contribution >= 4 is 57.2 Å². The Morgan fingerprint density at radius 2 is 1.77 bits per heavy atom. The van der Waals surface area contributed by atoms with Crippen molar-refractivity contribution in [1.82, 2.24) is 29.3 Å². The van der Waals surface area contributed by atoms with Gasteiger partial charge in [-0.3, -0.25) is 18.9 Å². The van der Waals surface area contributed by atoms with Gasteiger partial charge in [-0.25, -0.2) is 9.31 Å². The number of aromatic amines is 1. The number of aryl methyl sites for hydroxylation is 2. The maximum absolute atomic E-state index is 14.4. The second-order valence-corrected chi connectivity index (χ2v) is 12.9. The van der Waals surface area contributed by atoms with Gasteiger partial charge < -0.3 is 9.84 Å². The Balaban J connectivity index is 0.00000386. The van der Waals surface area contributed by atoms with Crippen molar-refractivity contribution < 1.29 is 14.4 Å². The molecule has 0 saturated heterocycles. The van der Waals surface area contributed by atoms with Gasteiger partial charge in [0.25, 0.3) is 5.56 Å². The molecule has 7 rings (SSSR count). The molecule has 5 aromatic rings. The molecule has 0 radical (unpaired) electrons. The van der Waals surface area contributed by atoms with E-state index in [1.807, 2.05) is 64.5 Å². The zero-order chi connectivity index (χ0) is 31.8. The van der Waals surface area contributed by atoms with Crippen LogP contribution in [0, 0.1) is 6.92 Å². The van der Waals surface area contributed by atoms with E-state index in [0.717, 1.165) is 91.3 Å². The van der Waals surface area contributed by atoms with Crippen LogP contribution >= 0.6 is 0 Å². The summed E-state index contributed by atoms with van der Waals surface area (Å²) in [5, 5.41) is 19.1. The number of nitrogens with zero attached hydrogens (tertiary/aromatic N) is 5. The molecule has 2 N–H and O–H groups in total. The minimum absolute atomic E-state index is 0. The van der Waals surface area contributed by atoms with Gasteiger partial charge in [0.15, 0.2) is 5.82 Å². The molecule has 2 fully saturated rings. The monoisotopic (exact) mass is 664 g/mol. The third-order valence-electron chi connectivity index (χ3n) is 9.63. The van der Waals surface area contributed by atoms with Crippen LogP contribution in [0.4, 0.5) is 0 Å². The first-order valence-electron chi connectivity index (χ1n) is 16.4. The Kier molecular flexibility index (Phi) is 10.5. The van der Waals surface area contributed by atoms with E-state index in [9.17, 15) is 14.7 Å². The molecule has 0 aliphatic heterocycles. The van der Waals surface area contributed by atoms with Gasteiger partial charge in [-0.05, 0) is 75.0 Å².